The highest BCUT2D eigenvalue weighted by molar-refractivity contribution is 5.98. The monoisotopic (exact) mass is 341 g/mol. The third-order valence-corrected chi connectivity index (χ3v) is 3.94. The van der Waals surface area contributed by atoms with Gasteiger partial charge in [-0.3, -0.25) is 9.59 Å². The summed E-state index contributed by atoms with van der Waals surface area (Å²) < 4.78 is 5.46. The zero-order valence-corrected chi connectivity index (χ0v) is 14.1. The van der Waals surface area contributed by atoms with Crippen molar-refractivity contribution in [2.75, 3.05) is 19.0 Å². The van der Waals surface area contributed by atoms with Gasteiger partial charge in [-0.2, -0.15) is 0 Å². The van der Waals surface area contributed by atoms with Gasteiger partial charge in [0.15, 0.2) is 0 Å². The van der Waals surface area contributed by atoms with Gasteiger partial charge in [-0.1, -0.05) is 12.8 Å². The molecule has 1 saturated carbocycles. The van der Waals surface area contributed by atoms with Crippen LogP contribution in [0.2, 0.25) is 0 Å². The molecule has 0 saturated heterocycles. The number of hydrogen-bond acceptors (Lipinski definition) is 4. The van der Waals surface area contributed by atoms with E-state index in [-0.39, 0.29) is 24.2 Å². The fourth-order valence-corrected chi connectivity index (χ4v) is 2.51. The predicted molar refractivity (Wildman–Crippen MR) is 91.9 cm³/mol. The highest BCUT2D eigenvalue weighted by Gasteiger charge is 2.36. The lowest BCUT2D eigenvalue weighted by Crippen LogP contribution is -2.48. The molecule has 1 aromatic rings. The van der Waals surface area contributed by atoms with Crippen molar-refractivity contribution in [2.24, 2.45) is 5.73 Å². The third kappa shape index (κ3) is 5.41. The molecule has 0 radical (unpaired) electrons. The van der Waals surface area contributed by atoms with Crippen molar-refractivity contribution in [3.8, 4) is 5.75 Å². The Hall–Kier alpha value is -1.79. The molecule has 2 amide bonds. The van der Waals surface area contributed by atoms with E-state index in [2.05, 4.69) is 10.6 Å². The second-order valence-electron chi connectivity index (χ2n) is 5.61. The van der Waals surface area contributed by atoms with E-state index in [1.54, 1.807) is 31.3 Å². The van der Waals surface area contributed by atoms with Gasteiger partial charge in [-0.15, -0.1) is 12.4 Å². The number of carbonyl (C=O) groups is 2. The Morgan fingerprint density at radius 1 is 1.22 bits per heavy atom. The van der Waals surface area contributed by atoms with Crippen LogP contribution < -0.4 is 21.1 Å². The summed E-state index contributed by atoms with van der Waals surface area (Å²) >= 11 is 0. The summed E-state index contributed by atoms with van der Waals surface area (Å²) in [4.78, 5) is 23.3. The van der Waals surface area contributed by atoms with Crippen LogP contribution in [0.15, 0.2) is 24.3 Å². The molecule has 4 N–H and O–H groups in total. The number of rotatable bonds is 6. The second-order valence-corrected chi connectivity index (χ2v) is 5.61. The molecule has 0 atom stereocenters. The number of nitrogens with two attached hydrogens (primary N) is 1. The number of halogens is 1. The minimum absolute atomic E-state index is 0. The highest BCUT2D eigenvalue weighted by atomic mass is 35.5. The topological polar surface area (TPSA) is 93.5 Å². The van der Waals surface area contributed by atoms with Gasteiger partial charge in [-0.25, -0.2) is 0 Å². The zero-order valence-electron chi connectivity index (χ0n) is 13.3. The van der Waals surface area contributed by atoms with Crippen molar-refractivity contribution in [3.63, 3.8) is 0 Å². The lowest BCUT2D eigenvalue weighted by Gasteiger charge is -2.22. The first kappa shape index (κ1) is 19.3. The van der Waals surface area contributed by atoms with Crippen molar-refractivity contribution in [3.05, 3.63) is 24.3 Å². The van der Waals surface area contributed by atoms with Gasteiger partial charge in [0.2, 0.25) is 11.8 Å². The molecule has 0 bridgehead atoms. The van der Waals surface area contributed by atoms with Gasteiger partial charge in [0, 0.05) is 12.7 Å². The number of benzene rings is 1. The zero-order chi connectivity index (χ0) is 16.0. The molecule has 0 aromatic heterocycles. The predicted octanol–water partition coefficient (Wildman–Crippen LogP) is 1.83. The van der Waals surface area contributed by atoms with E-state index in [0.29, 0.717) is 24.5 Å². The third-order valence-electron chi connectivity index (χ3n) is 3.94. The molecule has 1 fully saturated rings. The molecule has 0 unspecified atom stereocenters. The molecule has 23 heavy (non-hydrogen) atoms. The molecular weight excluding hydrogens is 318 g/mol. The molecule has 2 rings (SSSR count). The average Bonchev–Trinajstić information content (AvgIpc) is 2.97. The van der Waals surface area contributed by atoms with Crippen LogP contribution in [0.5, 0.6) is 5.75 Å². The van der Waals surface area contributed by atoms with Crippen molar-refractivity contribution in [2.45, 2.75) is 37.6 Å². The number of hydrogen-bond donors (Lipinski definition) is 3. The molecular formula is C16H24ClN3O3. The average molecular weight is 342 g/mol. The molecule has 0 aliphatic heterocycles. The van der Waals surface area contributed by atoms with Gasteiger partial charge < -0.3 is 21.1 Å². The minimum atomic E-state index is -0.733. The lowest BCUT2D eigenvalue weighted by atomic mass is 9.98. The number of amides is 2. The maximum absolute atomic E-state index is 12.2. The minimum Gasteiger partial charge on any atom is -0.493 e. The Bertz CT molecular complexity index is 528. The summed E-state index contributed by atoms with van der Waals surface area (Å²) in [5, 5.41) is 5.39. The number of carbonyl (C=O) groups excluding carboxylic acids is 2. The second kappa shape index (κ2) is 8.74. The first-order valence-electron chi connectivity index (χ1n) is 7.57. The summed E-state index contributed by atoms with van der Waals surface area (Å²) in [5.74, 6) is 0.470. The van der Waals surface area contributed by atoms with Crippen molar-refractivity contribution < 1.29 is 14.3 Å². The molecule has 1 aliphatic rings. The first-order valence-corrected chi connectivity index (χ1v) is 7.57. The van der Waals surface area contributed by atoms with E-state index in [1.165, 1.54) is 0 Å². The van der Waals surface area contributed by atoms with Gasteiger partial charge >= 0.3 is 0 Å². The Morgan fingerprint density at radius 3 is 2.39 bits per heavy atom. The Kier molecular flexibility index (Phi) is 7.32. The van der Waals surface area contributed by atoms with Crippen molar-refractivity contribution in [1.29, 1.82) is 0 Å². The van der Waals surface area contributed by atoms with Crippen LogP contribution in [-0.2, 0) is 9.59 Å². The molecule has 128 valence electrons. The van der Waals surface area contributed by atoms with E-state index < -0.39 is 5.54 Å². The number of ether oxygens (including phenoxy) is 1. The lowest BCUT2D eigenvalue weighted by molar-refractivity contribution is -0.121. The van der Waals surface area contributed by atoms with Crippen LogP contribution in [0.1, 0.15) is 32.1 Å². The van der Waals surface area contributed by atoms with E-state index in [1.807, 2.05) is 0 Å². The van der Waals surface area contributed by atoms with Gasteiger partial charge in [0.1, 0.15) is 5.75 Å². The molecule has 6 nitrogen and oxygen atoms in total. The smallest absolute Gasteiger partial charge is 0.244 e. The van der Waals surface area contributed by atoms with Gasteiger partial charge in [0.25, 0.3) is 0 Å². The highest BCUT2D eigenvalue weighted by Crippen LogP contribution is 2.28. The Balaban J connectivity index is 0.00000264. The van der Waals surface area contributed by atoms with Crippen LogP contribution in [0.4, 0.5) is 5.69 Å². The summed E-state index contributed by atoms with van der Waals surface area (Å²) in [7, 11) is 1.59. The van der Waals surface area contributed by atoms with Gasteiger partial charge in [-0.05, 0) is 37.1 Å². The largest absolute Gasteiger partial charge is 0.493 e. The molecule has 1 aromatic carbocycles. The fraction of sp³-hybridized carbons (Fsp3) is 0.500. The maximum Gasteiger partial charge on any atom is 0.244 e. The van der Waals surface area contributed by atoms with E-state index >= 15 is 0 Å². The SMILES string of the molecule is CNC(=O)CCOc1ccc(NC(=O)C2(N)CCCC2)cc1.Cl. The first-order chi connectivity index (χ1) is 10.5. The number of nitrogens with one attached hydrogen (secondary N) is 2. The van der Waals surface area contributed by atoms with E-state index in [4.69, 9.17) is 10.5 Å². The Morgan fingerprint density at radius 2 is 1.83 bits per heavy atom. The van der Waals surface area contributed by atoms with E-state index in [0.717, 1.165) is 25.7 Å². The standard InChI is InChI=1S/C16H23N3O3.ClH/c1-18-14(20)8-11-22-13-6-4-12(5-7-13)19-15(21)16(17)9-2-3-10-16;/h4-7H,2-3,8-11,17H2,1H3,(H,18,20)(H,19,21);1H. The number of anilines is 1. The quantitative estimate of drug-likeness (QED) is 0.736. The van der Waals surface area contributed by atoms with Crippen LogP contribution in [0.3, 0.4) is 0 Å². The molecule has 0 heterocycles. The van der Waals surface area contributed by atoms with Crippen LogP contribution in [0.25, 0.3) is 0 Å². The van der Waals surface area contributed by atoms with Crippen LogP contribution in [0, 0.1) is 0 Å². The molecule has 1 aliphatic carbocycles. The summed E-state index contributed by atoms with van der Waals surface area (Å²) in [5.41, 5.74) is 6.07. The van der Waals surface area contributed by atoms with Crippen LogP contribution >= 0.6 is 12.4 Å². The normalized spacial score (nSPS) is 15.4. The van der Waals surface area contributed by atoms with Crippen molar-refractivity contribution >= 4 is 29.9 Å². The molecule has 7 heteroatoms. The maximum atomic E-state index is 12.2. The summed E-state index contributed by atoms with van der Waals surface area (Å²) in [6, 6.07) is 7.06. The van der Waals surface area contributed by atoms with Gasteiger partial charge in [0.05, 0.1) is 18.6 Å². The summed E-state index contributed by atoms with van der Waals surface area (Å²) in [6.07, 6.45) is 3.79. The summed E-state index contributed by atoms with van der Waals surface area (Å²) in [6.45, 7) is 0.317. The van der Waals surface area contributed by atoms with E-state index in [9.17, 15) is 9.59 Å². The van der Waals surface area contributed by atoms with Crippen molar-refractivity contribution in [1.82, 2.24) is 5.32 Å². The fourth-order valence-electron chi connectivity index (χ4n) is 2.51. The molecule has 0 spiro atoms. The van der Waals surface area contributed by atoms with Crippen LogP contribution in [-0.4, -0.2) is 31.0 Å². The Labute approximate surface area is 142 Å².